The Balaban J connectivity index is 1.34. The lowest BCUT2D eigenvalue weighted by Gasteiger charge is -2.43. The highest BCUT2D eigenvalue weighted by atomic mass is 32.1. The molecule has 5 heteroatoms. The van der Waals surface area contributed by atoms with E-state index in [1.165, 1.54) is 10.4 Å². The molecule has 3 fully saturated rings. The zero-order valence-corrected chi connectivity index (χ0v) is 14.4. The predicted molar refractivity (Wildman–Crippen MR) is 96.0 cm³/mol. The summed E-state index contributed by atoms with van der Waals surface area (Å²) in [6, 6.07) is 12.4. The number of amides is 1. The Morgan fingerprint density at radius 3 is 2.71 bits per heavy atom. The molecule has 3 aliphatic heterocycles. The quantitative estimate of drug-likeness (QED) is 0.920. The topological polar surface area (TPSA) is 41.6 Å². The van der Waals surface area contributed by atoms with Crippen LogP contribution in [0, 0.1) is 5.92 Å². The lowest BCUT2D eigenvalue weighted by molar-refractivity contribution is -0.0332. The van der Waals surface area contributed by atoms with E-state index in [1.54, 1.807) is 11.3 Å². The minimum Gasteiger partial charge on any atom is -0.445 e. The molecule has 3 saturated heterocycles. The zero-order valence-electron chi connectivity index (χ0n) is 13.6. The van der Waals surface area contributed by atoms with Crippen molar-refractivity contribution >= 4 is 17.4 Å². The SMILES string of the molecule is O=C(NCc1ccsc1-c1ccccc1)OC1CN2CCC1CC2. The predicted octanol–water partition coefficient (Wildman–Crippen LogP) is 3.74. The van der Waals surface area contributed by atoms with Crippen molar-refractivity contribution in [2.24, 2.45) is 5.92 Å². The van der Waals surface area contributed by atoms with Crippen molar-refractivity contribution in [1.29, 1.82) is 0 Å². The van der Waals surface area contributed by atoms with Gasteiger partial charge in [0.2, 0.25) is 0 Å². The zero-order chi connectivity index (χ0) is 16.4. The van der Waals surface area contributed by atoms with Crippen molar-refractivity contribution in [3.8, 4) is 10.4 Å². The van der Waals surface area contributed by atoms with Gasteiger partial charge >= 0.3 is 6.09 Å². The number of benzene rings is 1. The number of carbonyl (C=O) groups excluding carboxylic acids is 1. The van der Waals surface area contributed by atoms with Crippen LogP contribution in [0.2, 0.25) is 0 Å². The summed E-state index contributed by atoms with van der Waals surface area (Å²) in [5, 5.41) is 5.00. The van der Waals surface area contributed by atoms with Crippen molar-refractivity contribution in [3.63, 3.8) is 0 Å². The van der Waals surface area contributed by atoms with Crippen molar-refractivity contribution in [2.75, 3.05) is 19.6 Å². The average Bonchev–Trinajstić information content (AvgIpc) is 3.10. The normalized spacial score (nSPS) is 25.4. The molecular weight excluding hydrogens is 320 g/mol. The number of alkyl carbamates (subject to hydrolysis) is 1. The van der Waals surface area contributed by atoms with Gasteiger partial charge in [-0.15, -0.1) is 11.3 Å². The molecule has 3 aliphatic rings. The van der Waals surface area contributed by atoms with E-state index in [0.29, 0.717) is 12.5 Å². The summed E-state index contributed by atoms with van der Waals surface area (Å²) in [5.41, 5.74) is 2.33. The van der Waals surface area contributed by atoms with Gasteiger partial charge in [-0.05, 0) is 54.4 Å². The van der Waals surface area contributed by atoms with Gasteiger partial charge in [0.15, 0.2) is 0 Å². The number of nitrogens with one attached hydrogen (secondary N) is 1. The Morgan fingerprint density at radius 1 is 1.21 bits per heavy atom. The van der Waals surface area contributed by atoms with E-state index in [-0.39, 0.29) is 12.2 Å². The molecule has 1 aromatic heterocycles. The summed E-state index contributed by atoms with van der Waals surface area (Å²) in [4.78, 5) is 15.8. The summed E-state index contributed by atoms with van der Waals surface area (Å²) in [6.07, 6.45) is 2.07. The van der Waals surface area contributed by atoms with Gasteiger partial charge in [-0.3, -0.25) is 4.90 Å². The molecule has 1 unspecified atom stereocenters. The van der Waals surface area contributed by atoms with Crippen LogP contribution in [0.5, 0.6) is 0 Å². The molecule has 2 bridgehead atoms. The number of carbonyl (C=O) groups is 1. The van der Waals surface area contributed by atoms with E-state index in [4.69, 9.17) is 4.74 Å². The second-order valence-corrected chi connectivity index (χ2v) is 7.49. The van der Waals surface area contributed by atoms with Gasteiger partial charge in [0, 0.05) is 18.0 Å². The lowest BCUT2D eigenvalue weighted by Crippen LogP contribution is -2.52. The summed E-state index contributed by atoms with van der Waals surface area (Å²) in [5.74, 6) is 0.543. The number of hydrogen-bond acceptors (Lipinski definition) is 4. The maximum Gasteiger partial charge on any atom is 0.407 e. The maximum absolute atomic E-state index is 12.2. The van der Waals surface area contributed by atoms with Crippen molar-refractivity contribution in [2.45, 2.75) is 25.5 Å². The van der Waals surface area contributed by atoms with Crippen LogP contribution in [-0.2, 0) is 11.3 Å². The van der Waals surface area contributed by atoms with E-state index >= 15 is 0 Å². The number of hydrogen-bond donors (Lipinski definition) is 1. The molecule has 5 rings (SSSR count). The lowest BCUT2D eigenvalue weighted by atomic mass is 9.86. The van der Waals surface area contributed by atoms with E-state index in [2.05, 4.69) is 33.8 Å². The Morgan fingerprint density at radius 2 is 2.00 bits per heavy atom. The van der Waals surface area contributed by atoms with Crippen LogP contribution in [0.25, 0.3) is 10.4 Å². The third-order valence-corrected chi connectivity index (χ3v) is 6.07. The first kappa shape index (κ1) is 15.7. The fraction of sp³-hybridized carbons (Fsp3) is 0.421. The fourth-order valence-corrected chi connectivity index (χ4v) is 4.64. The smallest absolute Gasteiger partial charge is 0.407 e. The van der Waals surface area contributed by atoms with Gasteiger partial charge in [0.25, 0.3) is 0 Å². The van der Waals surface area contributed by atoms with E-state index in [1.807, 2.05) is 18.2 Å². The number of thiophene rings is 1. The monoisotopic (exact) mass is 342 g/mol. The van der Waals surface area contributed by atoms with E-state index < -0.39 is 0 Å². The molecule has 24 heavy (non-hydrogen) atoms. The van der Waals surface area contributed by atoms with Gasteiger partial charge in [-0.2, -0.15) is 0 Å². The molecule has 1 amide bonds. The molecule has 0 saturated carbocycles. The summed E-state index contributed by atoms with van der Waals surface area (Å²) < 4.78 is 5.68. The fourth-order valence-electron chi connectivity index (χ4n) is 3.71. The third kappa shape index (κ3) is 3.32. The van der Waals surface area contributed by atoms with Crippen LogP contribution in [0.4, 0.5) is 4.79 Å². The Bertz CT molecular complexity index is 692. The molecule has 126 valence electrons. The van der Waals surface area contributed by atoms with Gasteiger partial charge in [0.05, 0.1) is 0 Å². The number of nitrogens with zero attached hydrogens (tertiary/aromatic N) is 1. The largest absolute Gasteiger partial charge is 0.445 e. The number of fused-ring (bicyclic) bond motifs is 3. The average molecular weight is 342 g/mol. The van der Waals surface area contributed by atoms with Gasteiger partial charge in [-0.25, -0.2) is 4.79 Å². The van der Waals surface area contributed by atoms with Crippen LogP contribution in [0.3, 0.4) is 0 Å². The molecule has 1 N–H and O–H groups in total. The van der Waals surface area contributed by atoms with Crippen LogP contribution in [-0.4, -0.2) is 36.7 Å². The summed E-state index contributed by atoms with van der Waals surface area (Å²) in [6.45, 7) is 3.71. The molecule has 4 heterocycles. The standard InChI is InChI=1S/C19H22N2O2S/c22-19(23-17-13-21-9-6-14(17)7-10-21)20-12-16-8-11-24-18(16)15-4-2-1-3-5-15/h1-5,8,11,14,17H,6-7,9-10,12-13H2,(H,20,22). The number of piperidine rings is 3. The molecule has 1 aromatic carbocycles. The number of ether oxygens (including phenoxy) is 1. The first-order chi connectivity index (χ1) is 11.8. The highest BCUT2D eigenvalue weighted by molar-refractivity contribution is 7.13. The van der Waals surface area contributed by atoms with Crippen LogP contribution < -0.4 is 5.32 Å². The minimum atomic E-state index is -0.293. The summed E-state index contributed by atoms with van der Waals surface area (Å²) >= 11 is 1.70. The third-order valence-electron chi connectivity index (χ3n) is 5.06. The van der Waals surface area contributed by atoms with Gasteiger partial charge in [-0.1, -0.05) is 30.3 Å². The first-order valence-electron chi connectivity index (χ1n) is 8.58. The molecule has 0 spiro atoms. The van der Waals surface area contributed by atoms with Crippen molar-refractivity contribution < 1.29 is 9.53 Å². The van der Waals surface area contributed by atoms with E-state index in [9.17, 15) is 4.79 Å². The van der Waals surface area contributed by atoms with Gasteiger partial charge < -0.3 is 10.1 Å². The number of rotatable bonds is 4. The molecule has 0 radical (unpaired) electrons. The minimum absolute atomic E-state index is 0.0589. The van der Waals surface area contributed by atoms with E-state index in [0.717, 1.165) is 38.0 Å². The summed E-state index contributed by atoms with van der Waals surface area (Å²) in [7, 11) is 0. The highest BCUT2D eigenvalue weighted by Crippen LogP contribution is 2.30. The molecule has 0 aliphatic carbocycles. The van der Waals surface area contributed by atoms with Crippen LogP contribution in [0.15, 0.2) is 41.8 Å². The Kier molecular flexibility index (Phi) is 4.54. The Labute approximate surface area is 146 Å². The second kappa shape index (κ2) is 6.95. The second-order valence-electron chi connectivity index (χ2n) is 6.58. The first-order valence-corrected chi connectivity index (χ1v) is 9.46. The van der Waals surface area contributed by atoms with Crippen LogP contribution >= 0.6 is 11.3 Å². The molecule has 2 aromatic rings. The highest BCUT2D eigenvalue weighted by Gasteiger charge is 2.36. The Hall–Kier alpha value is -1.85. The maximum atomic E-state index is 12.2. The molecular formula is C19H22N2O2S. The van der Waals surface area contributed by atoms with Gasteiger partial charge in [0.1, 0.15) is 6.10 Å². The van der Waals surface area contributed by atoms with Crippen molar-refractivity contribution in [1.82, 2.24) is 10.2 Å². The van der Waals surface area contributed by atoms with Crippen LogP contribution in [0.1, 0.15) is 18.4 Å². The van der Waals surface area contributed by atoms with Crippen molar-refractivity contribution in [3.05, 3.63) is 47.3 Å². The molecule has 4 nitrogen and oxygen atoms in total. The molecule has 1 atom stereocenters.